The SMILES string of the molecule is CCCS(=O)(=O)Cc1c(OC(Cc2ncc[nH]2)c2ccccc2)ccc2c1CCCC2=O. The molecule has 3 aromatic rings. The maximum Gasteiger partial charge on any atom is 0.163 e. The number of hydrogen-bond donors (Lipinski definition) is 1. The number of aromatic nitrogens is 2. The molecule has 0 bridgehead atoms. The van der Waals surface area contributed by atoms with E-state index in [9.17, 15) is 13.2 Å². The lowest BCUT2D eigenvalue weighted by atomic mass is 9.87. The van der Waals surface area contributed by atoms with Crippen molar-refractivity contribution in [3.05, 3.63) is 82.9 Å². The lowest BCUT2D eigenvalue weighted by Gasteiger charge is -2.25. The minimum atomic E-state index is -3.32. The zero-order chi connectivity index (χ0) is 22.6. The number of carbonyl (C=O) groups is 1. The summed E-state index contributed by atoms with van der Waals surface area (Å²) in [5.41, 5.74) is 3.06. The Morgan fingerprint density at radius 2 is 1.94 bits per heavy atom. The van der Waals surface area contributed by atoms with Gasteiger partial charge in [0.2, 0.25) is 0 Å². The van der Waals surface area contributed by atoms with E-state index < -0.39 is 9.84 Å². The number of rotatable bonds is 9. The molecule has 0 radical (unpaired) electrons. The van der Waals surface area contributed by atoms with Crippen LogP contribution in [-0.2, 0) is 28.4 Å². The van der Waals surface area contributed by atoms with E-state index in [0.717, 1.165) is 23.4 Å². The maximum absolute atomic E-state index is 12.8. The van der Waals surface area contributed by atoms with E-state index in [0.29, 0.717) is 42.6 Å². The van der Waals surface area contributed by atoms with Crippen LogP contribution in [0.2, 0.25) is 0 Å². The second-order valence-corrected chi connectivity index (χ2v) is 10.4. The Kier molecular flexibility index (Phi) is 6.74. The largest absolute Gasteiger partial charge is 0.485 e. The summed E-state index contributed by atoms with van der Waals surface area (Å²) in [5.74, 6) is 1.38. The van der Waals surface area contributed by atoms with E-state index in [4.69, 9.17) is 4.74 Å². The molecule has 0 aliphatic heterocycles. The highest BCUT2D eigenvalue weighted by atomic mass is 32.2. The maximum atomic E-state index is 12.8. The van der Waals surface area contributed by atoms with Crippen molar-refractivity contribution >= 4 is 15.6 Å². The highest BCUT2D eigenvalue weighted by molar-refractivity contribution is 7.90. The van der Waals surface area contributed by atoms with Gasteiger partial charge >= 0.3 is 0 Å². The number of ketones is 1. The monoisotopic (exact) mass is 452 g/mol. The third-order valence-corrected chi connectivity index (χ3v) is 7.53. The van der Waals surface area contributed by atoms with Crippen LogP contribution in [0.3, 0.4) is 0 Å². The van der Waals surface area contributed by atoms with E-state index in [2.05, 4.69) is 9.97 Å². The van der Waals surface area contributed by atoms with Crippen molar-refractivity contribution in [2.75, 3.05) is 5.75 Å². The Hall–Kier alpha value is -2.93. The fourth-order valence-corrected chi connectivity index (χ4v) is 5.81. The number of carbonyl (C=O) groups excluding carboxylic acids is 1. The first-order valence-corrected chi connectivity index (χ1v) is 12.9. The van der Waals surface area contributed by atoms with Crippen LogP contribution in [0.15, 0.2) is 54.9 Å². The van der Waals surface area contributed by atoms with E-state index in [1.165, 1.54) is 0 Å². The van der Waals surface area contributed by atoms with Crippen molar-refractivity contribution in [1.82, 2.24) is 9.97 Å². The summed E-state index contributed by atoms with van der Waals surface area (Å²) in [7, 11) is -3.32. The van der Waals surface area contributed by atoms with Crippen LogP contribution in [0, 0.1) is 0 Å². The fraction of sp³-hybridized carbons (Fsp3) is 0.360. The highest BCUT2D eigenvalue weighted by Crippen LogP contribution is 2.35. The number of Topliss-reactive ketones (excluding diaryl/α,β-unsaturated/α-hetero) is 1. The van der Waals surface area contributed by atoms with Gasteiger partial charge in [-0.15, -0.1) is 0 Å². The molecule has 168 valence electrons. The molecule has 0 fully saturated rings. The first kappa shape index (κ1) is 22.3. The van der Waals surface area contributed by atoms with Gasteiger partial charge in [-0.1, -0.05) is 37.3 Å². The summed E-state index contributed by atoms with van der Waals surface area (Å²) < 4.78 is 32.0. The number of imidazole rings is 1. The van der Waals surface area contributed by atoms with Gasteiger partial charge in [0, 0.05) is 36.4 Å². The zero-order valence-corrected chi connectivity index (χ0v) is 19.0. The van der Waals surface area contributed by atoms with Gasteiger partial charge in [0.15, 0.2) is 15.6 Å². The van der Waals surface area contributed by atoms with Gasteiger partial charge in [-0.05, 0) is 42.5 Å². The second kappa shape index (κ2) is 9.69. The molecule has 1 unspecified atom stereocenters. The second-order valence-electron chi connectivity index (χ2n) is 8.19. The minimum absolute atomic E-state index is 0.0714. The fourth-order valence-electron chi connectivity index (χ4n) is 4.28. The van der Waals surface area contributed by atoms with Crippen molar-refractivity contribution in [1.29, 1.82) is 0 Å². The van der Waals surface area contributed by atoms with Gasteiger partial charge in [0.05, 0.1) is 11.5 Å². The lowest BCUT2D eigenvalue weighted by molar-refractivity contribution is 0.0972. The molecule has 7 heteroatoms. The summed E-state index contributed by atoms with van der Waals surface area (Å²) >= 11 is 0. The smallest absolute Gasteiger partial charge is 0.163 e. The van der Waals surface area contributed by atoms with Crippen LogP contribution >= 0.6 is 0 Å². The molecular formula is C25H28N2O4S. The average molecular weight is 453 g/mol. The Morgan fingerprint density at radius 3 is 2.66 bits per heavy atom. The summed E-state index contributed by atoms with van der Waals surface area (Å²) in [6.45, 7) is 1.85. The van der Waals surface area contributed by atoms with Crippen molar-refractivity contribution in [2.24, 2.45) is 0 Å². The van der Waals surface area contributed by atoms with Crippen LogP contribution in [0.1, 0.15) is 65.2 Å². The number of ether oxygens (including phenoxy) is 1. The van der Waals surface area contributed by atoms with Crippen molar-refractivity contribution in [3.63, 3.8) is 0 Å². The molecule has 2 aromatic carbocycles. The van der Waals surface area contributed by atoms with Crippen LogP contribution in [0.25, 0.3) is 0 Å². The molecule has 6 nitrogen and oxygen atoms in total. The van der Waals surface area contributed by atoms with Crippen LogP contribution < -0.4 is 4.74 Å². The Balaban J connectivity index is 1.76. The molecular weight excluding hydrogens is 424 g/mol. The van der Waals surface area contributed by atoms with Crippen LogP contribution in [0.4, 0.5) is 0 Å². The van der Waals surface area contributed by atoms with E-state index in [-0.39, 0.29) is 23.4 Å². The minimum Gasteiger partial charge on any atom is -0.485 e. The Bertz CT molecular complexity index is 1170. The molecule has 1 N–H and O–H groups in total. The van der Waals surface area contributed by atoms with Crippen molar-refractivity contribution < 1.29 is 17.9 Å². The number of nitrogens with zero attached hydrogens (tertiary/aromatic N) is 1. The van der Waals surface area contributed by atoms with E-state index in [1.807, 2.05) is 37.3 Å². The summed E-state index contributed by atoms with van der Waals surface area (Å²) in [6, 6.07) is 13.4. The Morgan fingerprint density at radius 1 is 1.12 bits per heavy atom. The molecule has 1 aromatic heterocycles. The van der Waals surface area contributed by atoms with Crippen LogP contribution in [-0.4, -0.2) is 29.9 Å². The standard InChI is InChI=1S/C25H28N2O4S/c1-2-15-32(29,30)17-21-19-9-6-10-22(28)20(19)11-12-23(21)31-24(16-25-26-13-14-27-25)18-7-4-3-5-8-18/h3-5,7-8,11-14,24H,2,6,9-10,15-17H2,1H3,(H,26,27). The molecule has 0 amide bonds. The van der Waals surface area contributed by atoms with Gasteiger partial charge in [0.1, 0.15) is 17.7 Å². The number of aromatic amines is 1. The van der Waals surface area contributed by atoms with Gasteiger partial charge in [-0.3, -0.25) is 4.79 Å². The number of nitrogens with one attached hydrogen (secondary N) is 1. The number of fused-ring (bicyclic) bond motifs is 1. The molecule has 32 heavy (non-hydrogen) atoms. The first-order chi connectivity index (χ1) is 15.5. The third-order valence-electron chi connectivity index (χ3n) is 5.77. The molecule has 0 spiro atoms. The number of sulfone groups is 1. The first-order valence-electron chi connectivity index (χ1n) is 11.0. The number of benzene rings is 2. The normalized spacial score (nSPS) is 14.7. The summed E-state index contributed by atoms with van der Waals surface area (Å²) in [6.07, 6.45) is 6.08. The predicted octanol–water partition coefficient (Wildman–Crippen LogP) is 4.62. The molecule has 1 aliphatic carbocycles. The van der Waals surface area contributed by atoms with E-state index in [1.54, 1.807) is 24.5 Å². The molecule has 1 atom stereocenters. The lowest BCUT2D eigenvalue weighted by Crippen LogP contribution is -2.19. The molecule has 0 saturated heterocycles. The quantitative estimate of drug-likeness (QED) is 0.512. The molecule has 4 rings (SSSR count). The zero-order valence-electron chi connectivity index (χ0n) is 18.2. The van der Waals surface area contributed by atoms with Gasteiger partial charge < -0.3 is 9.72 Å². The predicted molar refractivity (Wildman–Crippen MR) is 124 cm³/mol. The molecule has 0 saturated carbocycles. The highest BCUT2D eigenvalue weighted by Gasteiger charge is 2.27. The topological polar surface area (TPSA) is 89.1 Å². The molecule has 1 aliphatic rings. The van der Waals surface area contributed by atoms with Gasteiger partial charge in [-0.2, -0.15) is 0 Å². The van der Waals surface area contributed by atoms with Crippen molar-refractivity contribution in [2.45, 2.75) is 50.9 Å². The number of hydrogen-bond acceptors (Lipinski definition) is 5. The average Bonchev–Trinajstić information content (AvgIpc) is 3.29. The summed E-state index contributed by atoms with van der Waals surface area (Å²) in [4.78, 5) is 19.9. The Labute approximate surface area is 189 Å². The van der Waals surface area contributed by atoms with Crippen LogP contribution in [0.5, 0.6) is 5.75 Å². The van der Waals surface area contributed by atoms with Gasteiger partial charge in [0.25, 0.3) is 0 Å². The molecule has 1 heterocycles. The third kappa shape index (κ3) is 5.10. The number of H-pyrrole nitrogens is 1. The van der Waals surface area contributed by atoms with E-state index >= 15 is 0 Å². The van der Waals surface area contributed by atoms with Crippen molar-refractivity contribution in [3.8, 4) is 5.75 Å². The van der Waals surface area contributed by atoms with Gasteiger partial charge in [-0.25, -0.2) is 13.4 Å². The summed E-state index contributed by atoms with van der Waals surface area (Å²) in [5, 5.41) is 0.